The molecule has 0 saturated carbocycles. The Morgan fingerprint density at radius 3 is 2.63 bits per heavy atom. The van der Waals surface area contributed by atoms with E-state index in [1.165, 1.54) is 19.2 Å². The van der Waals surface area contributed by atoms with Crippen LogP contribution in [0.3, 0.4) is 0 Å². The minimum absolute atomic E-state index is 0.0414. The van der Waals surface area contributed by atoms with Gasteiger partial charge in [-0.25, -0.2) is 13.1 Å². The van der Waals surface area contributed by atoms with E-state index >= 15 is 0 Å². The molecule has 1 amide bonds. The Morgan fingerprint density at radius 1 is 1.22 bits per heavy atom. The number of benzene rings is 1. The van der Waals surface area contributed by atoms with Gasteiger partial charge in [-0.1, -0.05) is 28.1 Å². The van der Waals surface area contributed by atoms with Crippen molar-refractivity contribution in [3.05, 3.63) is 52.2 Å². The molecule has 27 heavy (non-hydrogen) atoms. The van der Waals surface area contributed by atoms with Crippen molar-refractivity contribution in [1.82, 2.24) is 10.0 Å². The van der Waals surface area contributed by atoms with Crippen LogP contribution in [0.5, 0.6) is 0 Å². The largest absolute Gasteiger partial charge is 0.438 e. The summed E-state index contributed by atoms with van der Waals surface area (Å²) in [5.41, 5.74) is 0.878. The van der Waals surface area contributed by atoms with E-state index < -0.39 is 15.9 Å². The van der Waals surface area contributed by atoms with Crippen molar-refractivity contribution in [3.63, 3.8) is 0 Å². The van der Waals surface area contributed by atoms with E-state index in [9.17, 15) is 13.2 Å². The number of hydrogen-bond acceptors (Lipinski definition) is 5. The van der Waals surface area contributed by atoms with Crippen molar-refractivity contribution in [1.29, 1.82) is 0 Å². The number of amides is 1. The summed E-state index contributed by atoms with van der Waals surface area (Å²) < 4.78 is 37.4. The quantitative estimate of drug-likeness (QED) is 0.695. The van der Waals surface area contributed by atoms with Crippen LogP contribution in [0, 0.1) is 0 Å². The van der Waals surface area contributed by atoms with Gasteiger partial charge in [-0.15, -0.1) is 0 Å². The molecule has 1 fully saturated rings. The van der Waals surface area contributed by atoms with Crippen LogP contribution in [0.1, 0.15) is 29.0 Å². The van der Waals surface area contributed by atoms with Crippen LogP contribution in [-0.4, -0.2) is 41.1 Å². The molecule has 0 radical (unpaired) electrons. The average molecular weight is 457 g/mol. The molecular weight excluding hydrogens is 436 g/mol. The van der Waals surface area contributed by atoms with Crippen LogP contribution < -0.4 is 10.0 Å². The number of sulfonamides is 1. The van der Waals surface area contributed by atoms with Crippen LogP contribution in [0.15, 0.2) is 50.4 Å². The maximum atomic E-state index is 12.5. The predicted octanol–water partition coefficient (Wildman–Crippen LogP) is 2.43. The van der Waals surface area contributed by atoms with Gasteiger partial charge in [0.25, 0.3) is 15.9 Å². The Hall–Kier alpha value is -1.68. The van der Waals surface area contributed by atoms with Crippen molar-refractivity contribution in [2.24, 2.45) is 0 Å². The third kappa shape index (κ3) is 4.43. The van der Waals surface area contributed by atoms with E-state index in [1.807, 2.05) is 18.2 Å². The molecule has 1 aliphatic heterocycles. The van der Waals surface area contributed by atoms with Gasteiger partial charge in [0.1, 0.15) is 0 Å². The van der Waals surface area contributed by atoms with Gasteiger partial charge in [-0.2, -0.15) is 0 Å². The molecule has 0 atom stereocenters. The summed E-state index contributed by atoms with van der Waals surface area (Å²) in [6, 6.07) is 10.7. The summed E-state index contributed by atoms with van der Waals surface area (Å²) in [4.78, 5) is 12.5. The number of nitrogens with one attached hydrogen (secondary N) is 2. The summed E-state index contributed by atoms with van der Waals surface area (Å²) in [7, 11) is -2.44. The van der Waals surface area contributed by atoms with Gasteiger partial charge in [-0.3, -0.25) is 4.79 Å². The molecule has 0 spiro atoms. The molecule has 0 bridgehead atoms. The number of carbonyl (C=O) groups is 1. The maximum Gasteiger partial charge on any atom is 0.287 e. The summed E-state index contributed by atoms with van der Waals surface area (Å²) >= 11 is 3.50. The van der Waals surface area contributed by atoms with Crippen LogP contribution >= 0.6 is 15.9 Å². The van der Waals surface area contributed by atoms with Crippen molar-refractivity contribution >= 4 is 31.9 Å². The lowest BCUT2D eigenvalue weighted by molar-refractivity contribution is 0.0484. The average Bonchev–Trinajstić information content (AvgIpc) is 3.18. The number of halogens is 1. The van der Waals surface area contributed by atoms with Crippen LogP contribution in [-0.2, 0) is 20.2 Å². The van der Waals surface area contributed by atoms with Crippen LogP contribution in [0.2, 0.25) is 0 Å². The first-order chi connectivity index (χ1) is 12.9. The molecule has 1 saturated heterocycles. The molecule has 7 nitrogen and oxygen atoms in total. The van der Waals surface area contributed by atoms with E-state index in [2.05, 4.69) is 32.0 Å². The number of ether oxygens (including phenoxy) is 1. The first-order valence-electron chi connectivity index (χ1n) is 8.52. The highest BCUT2D eigenvalue weighted by Gasteiger charge is 2.35. The molecule has 2 aromatic rings. The van der Waals surface area contributed by atoms with Crippen LogP contribution in [0.4, 0.5) is 0 Å². The number of rotatable bonds is 6. The topological polar surface area (TPSA) is 97.6 Å². The van der Waals surface area contributed by atoms with Gasteiger partial charge in [0.15, 0.2) is 5.76 Å². The summed E-state index contributed by atoms with van der Waals surface area (Å²) in [6.45, 7) is 1.64. The molecule has 1 aromatic heterocycles. The fraction of sp³-hybridized carbons (Fsp3) is 0.389. The summed E-state index contributed by atoms with van der Waals surface area (Å²) in [5, 5.41) is 2.60. The minimum Gasteiger partial charge on any atom is -0.438 e. The first-order valence-corrected chi connectivity index (χ1v) is 10.8. The fourth-order valence-electron chi connectivity index (χ4n) is 3.17. The highest BCUT2D eigenvalue weighted by Crippen LogP contribution is 2.35. The predicted molar refractivity (Wildman–Crippen MR) is 103 cm³/mol. The lowest BCUT2D eigenvalue weighted by Crippen LogP contribution is -2.44. The Labute approximate surface area is 166 Å². The lowest BCUT2D eigenvalue weighted by Gasteiger charge is -2.38. The zero-order valence-corrected chi connectivity index (χ0v) is 17.2. The molecule has 1 aromatic carbocycles. The van der Waals surface area contributed by atoms with Crippen molar-refractivity contribution in [3.8, 4) is 0 Å². The molecular formula is C18H21BrN2O5S. The molecule has 0 unspecified atom stereocenters. The molecule has 3 rings (SSSR count). The smallest absolute Gasteiger partial charge is 0.287 e. The fourth-order valence-corrected chi connectivity index (χ4v) is 4.22. The van der Waals surface area contributed by atoms with E-state index in [1.54, 1.807) is 0 Å². The second-order valence-electron chi connectivity index (χ2n) is 6.41. The highest BCUT2D eigenvalue weighted by atomic mass is 79.9. The standard InChI is InChI=1S/C18H21BrN2O5S/c1-20-27(23,24)16-6-5-15(26-16)17(22)21-12-18(7-9-25-10-8-18)13-3-2-4-14(19)11-13/h2-6,11,20H,7-10,12H2,1H3,(H,21,22). The Kier molecular flexibility index (Phi) is 6.05. The van der Waals surface area contributed by atoms with Gasteiger partial charge in [0.2, 0.25) is 5.09 Å². The Bertz CT molecular complexity index is 919. The van der Waals surface area contributed by atoms with Gasteiger partial charge in [0, 0.05) is 29.6 Å². The number of furan rings is 1. The minimum atomic E-state index is -3.72. The Morgan fingerprint density at radius 2 is 1.96 bits per heavy atom. The van der Waals surface area contributed by atoms with E-state index in [0.717, 1.165) is 22.9 Å². The number of hydrogen-bond donors (Lipinski definition) is 2. The molecule has 2 N–H and O–H groups in total. The molecule has 0 aliphatic carbocycles. The van der Waals surface area contributed by atoms with Gasteiger partial charge in [0.05, 0.1) is 0 Å². The second-order valence-corrected chi connectivity index (χ2v) is 9.15. The van der Waals surface area contributed by atoms with E-state index in [-0.39, 0.29) is 16.3 Å². The first kappa shape index (κ1) is 20.1. The third-order valence-corrected chi connectivity index (χ3v) is 6.59. The number of carbonyl (C=O) groups excluding carboxylic acids is 1. The third-order valence-electron chi connectivity index (χ3n) is 4.81. The van der Waals surface area contributed by atoms with Gasteiger partial charge >= 0.3 is 0 Å². The van der Waals surface area contributed by atoms with E-state index in [0.29, 0.717) is 19.8 Å². The lowest BCUT2D eigenvalue weighted by atomic mass is 9.74. The zero-order chi connectivity index (χ0) is 19.5. The zero-order valence-electron chi connectivity index (χ0n) is 14.8. The second kappa shape index (κ2) is 8.14. The van der Waals surface area contributed by atoms with Crippen LogP contribution in [0.25, 0.3) is 0 Å². The molecule has 2 heterocycles. The Balaban J connectivity index is 1.77. The molecule has 146 valence electrons. The summed E-state index contributed by atoms with van der Waals surface area (Å²) in [6.07, 6.45) is 1.56. The van der Waals surface area contributed by atoms with Crippen molar-refractivity contribution < 1.29 is 22.4 Å². The van der Waals surface area contributed by atoms with Gasteiger partial charge < -0.3 is 14.5 Å². The normalized spacial score (nSPS) is 16.8. The monoisotopic (exact) mass is 456 g/mol. The highest BCUT2D eigenvalue weighted by molar-refractivity contribution is 9.10. The van der Waals surface area contributed by atoms with Crippen molar-refractivity contribution in [2.45, 2.75) is 23.3 Å². The SMILES string of the molecule is CNS(=O)(=O)c1ccc(C(=O)NCC2(c3cccc(Br)c3)CCOCC2)o1. The maximum absolute atomic E-state index is 12.5. The van der Waals surface area contributed by atoms with Gasteiger partial charge in [-0.05, 0) is 49.7 Å². The molecule has 1 aliphatic rings. The summed E-state index contributed by atoms with van der Waals surface area (Å²) in [5.74, 6) is -0.492. The molecule has 9 heteroatoms. The van der Waals surface area contributed by atoms with Crippen molar-refractivity contribution in [2.75, 3.05) is 26.8 Å². The van der Waals surface area contributed by atoms with E-state index in [4.69, 9.17) is 9.15 Å².